The van der Waals surface area contributed by atoms with Crippen molar-refractivity contribution in [3.8, 4) is 0 Å². The Labute approximate surface area is 105 Å². The van der Waals surface area contributed by atoms with Gasteiger partial charge >= 0.3 is 5.97 Å². The van der Waals surface area contributed by atoms with Crippen LogP contribution in [0.5, 0.6) is 0 Å². The zero-order chi connectivity index (χ0) is 12.8. The molecule has 0 unspecified atom stereocenters. The second kappa shape index (κ2) is 6.84. The number of carbonyl (C=O) groups is 2. The van der Waals surface area contributed by atoms with Gasteiger partial charge in [-0.3, -0.25) is 4.79 Å². The van der Waals surface area contributed by atoms with E-state index in [4.69, 9.17) is 4.74 Å². The molecule has 0 aromatic carbocycles. The number of halogens is 1. The topological polar surface area (TPSA) is 43.4 Å². The molecule has 0 spiro atoms. The third-order valence-corrected chi connectivity index (χ3v) is 2.19. The quantitative estimate of drug-likeness (QED) is 0.257. The molecule has 92 valence electrons. The summed E-state index contributed by atoms with van der Waals surface area (Å²) in [6, 6.07) is 0. The Balaban J connectivity index is 4.77. The molecule has 4 heteroatoms. The average Bonchev–Trinajstić information content (AvgIpc) is 2.15. The first-order chi connectivity index (χ1) is 7.31. The molecule has 0 N–H and O–H groups in total. The lowest BCUT2D eigenvalue weighted by atomic mass is 10.1. The first kappa shape index (κ1) is 15.4. The summed E-state index contributed by atoms with van der Waals surface area (Å²) in [6.07, 6.45) is 3.24. The molecule has 0 amide bonds. The predicted molar refractivity (Wildman–Crippen MR) is 67.6 cm³/mol. The smallest absolute Gasteiger partial charge is 0.341 e. The Morgan fingerprint density at radius 3 is 2.25 bits per heavy atom. The van der Waals surface area contributed by atoms with E-state index in [2.05, 4.69) is 15.9 Å². The highest BCUT2D eigenvalue weighted by Gasteiger charge is 2.23. The molecule has 0 radical (unpaired) electrons. The molecule has 0 aromatic heterocycles. The molecule has 0 saturated carbocycles. The van der Waals surface area contributed by atoms with Crippen molar-refractivity contribution < 1.29 is 14.3 Å². The highest BCUT2D eigenvalue weighted by molar-refractivity contribution is 9.09. The molecule has 0 aliphatic rings. The molecule has 0 fully saturated rings. The minimum absolute atomic E-state index is 0.141. The van der Waals surface area contributed by atoms with Gasteiger partial charge in [0.15, 0.2) is 5.78 Å². The molecule has 0 bridgehead atoms. The summed E-state index contributed by atoms with van der Waals surface area (Å²) in [6.45, 7) is 7.32. The molecule has 0 rings (SSSR count). The van der Waals surface area contributed by atoms with Crippen molar-refractivity contribution in [2.75, 3.05) is 5.33 Å². The second-order valence-corrected chi connectivity index (χ2v) is 5.03. The number of rotatable bonds is 5. The fourth-order valence-corrected chi connectivity index (χ4v) is 1.31. The van der Waals surface area contributed by atoms with Crippen molar-refractivity contribution >= 4 is 27.7 Å². The summed E-state index contributed by atoms with van der Waals surface area (Å²) < 4.78 is 5.17. The van der Waals surface area contributed by atoms with Crippen LogP contribution in [0.3, 0.4) is 0 Å². The fraction of sp³-hybridized carbons (Fsp3) is 0.667. The van der Waals surface area contributed by atoms with Crippen molar-refractivity contribution in [3.63, 3.8) is 0 Å². The minimum Gasteiger partial charge on any atom is -0.456 e. The number of hydrogen-bond acceptors (Lipinski definition) is 3. The molecule has 0 atom stereocenters. The summed E-state index contributed by atoms with van der Waals surface area (Å²) in [5, 5.41) is 0.141. The normalized spacial score (nSPS) is 12.4. The van der Waals surface area contributed by atoms with Gasteiger partial charge in [0, 0.05) is 0 Å². The molecular weight excluding hydrogens is 272 g/mol. The number of alkyl halides is 1. The van der Waals surface area contributed by atoms with Gasteiger partial charge in [0.1, 0.15) is 5.60 Å². The van der Waals surface area contributed by atoms with Gasteiger partial charge in [0.25, 0.3) is 0 Å². The van der Waals surface area contributed by atoms with Crippen LogP contribution in [0.25, 0.3) is 0 Å². The molecule has 3 nitrogen and oxygen atoms in total. The number of carbonyl (C=O) groups excluding carboxylic acids is 2. The molecule has 16 heavy (non-hydrogen) atoms. The van der Waals surface area contributed by atoms with Crippen molar-refractivity contribution in [3.05, 3.63) is 11.6 Å². The van der Waals surface area contributed by atoms with Gasteiger partial charge in [-0.1, -0.05) is 35.4 Å². The van der Waals surface area contributed by atoms with E-state index in [1.165, 1.54) is 0 Å². The molecular formula is C12H19BrO3. The Morgan fingerprint density at radius 2 is 1.88 bits per heavy atom. The Kier molecular flexibility index (Phi) is 6.56. The van der Waals surface area contributed by atoms with E-state index < -0.39 is 11.6 Å². The van der Waals surface area contributed by atoms with Gasteiger partial charge < -0.3 is 4.74 Å². The SMILES string of the molecule is CCC/C=C(\C(=O)CBr)C(=O)OC(C)(C)C. The highest BCUT2D eigenvalue weighted by atomic mass is 79.9. The van der Waals surface area contributed by atoms with E-state index in [1.807, 2.05) is 6.92 Å². The van der Waals surface area contributed by atoms with Gasteiger partial charge in [-0.2, -0.15) is 0 Å². The van der Waals surface area contributed by atoms with Crippen LogP contribution < -0.4 is 0 Å². The molecule has 0 heterocycles. The van der Waals surface area contributed by atoms with Gasteiger partial charge in [0.05, 0.1) is 10.9 Å². The minimum atomic E-state index is -0.574. The van der Waals surface area contributed by atoms with Gasteiger partial charge in [-0.25, -0.2) is 4.79 Å². The van der Waals surface area contributed by atoms with E-state index in [9.17, 15) is 9.59 Å². The second-order valence-electron chi connectivity index (χ2n) is 4.47. The third-order valence-electron chi connectivity index (χ3n) is 1.68. The number of unbranched alkanes of at least 4 members (excludes halogenated alkanes) is 1. The maximum atomic E-state index is 11.7. The summed E-state index contributed by atoms with van der Waals surface area (Å²) in [5.74, 6) is -0.770. The molecule has 0 saturated heterocycles. The van der Waals surface area contributed by atoms with Crippen molar-refractivity contribution in [2.45, 2.75) is 46.1 Å². The van der Waals surface area contributed by atoms with E-state index in [-0.39, 0.29) is 16.7 Å². The number of hydrogen-bond donors (Lipinski definition) is 0. The predicted octanol–water partition coefficient (Wildman–Crippen LogP) is 3.02. The Hall–Kier alpha value is -0.640. The lowest BCUT2D eigenvalue weighted by Gasteiger charge is -2.20. The lowest BCUT2D eigenvalue weighted by Crippen LogP contribution is -2.27. The van der Waals surface area contributed by atoms with E-state index in [1.54, 1.807) is 26.8 Å². The third kappa shape index (κ3) is 6.05. The maximum Gasteiger partial charge on any atom is 0.341 e. The number of ether oxygens (including phenoxy) is 1. The van der Waals surface area contributed by atoms with Gasteiger partial charge in [-0.05, 0) is 27.2 Å². The van der Waals surface area contributed by atoms with Gasteiger partial charge in [0.2, 0.25) is 0 Å². The number of esters is 1. The van der Waals surface area contributed by atoms with Gasteiger partial charge in [-0.15, -0.1) is 0 Å². The fourth-order valence-electron chi connectivity index (χ4n) is 1.00. The molecule has 0 aromatic rings. The first-order valence-electron chi connectivity index (χ1n) is 5.34. The van der Waals surface area contributed by atoms with Crippen molar-refractivity contribution in [2.24, 2.45) is 0 Å². The standard InChI is InChI=1S/C12H19BrO3/c1-5-6-7-9(10(14)8-13)11(15)16-12(2,3)4/h7H,5-6,8H2,1-4H3/b9-7+. The van der Waals surface area contributed by atoms with Crippen LogP contribution in [-0.2, 0) is 14.3 Å². The van der Waals surface area contributed by atoms with Crippen LogP contribution in [0.1, 0.15) is 40.5 Å². The Morgan fingerprint density at radius 1 is 1.31 bits per heavy atom. The number of allylic oxidation sites excluding steroid dienone is 1. The van der Waals surface area contributed by atoms with E-state index in [0.717, 1.165) is 6.42 Å². The first-order valence-corrected chi connectivity index (χ1v) is 6.46. The summed E-state index contributed by atoms with van der Waals surface area (Å²) in [4.78, 5) is 23.3. The maximum absolute atomic E-state index is 11.7. The van der Waals surface area contributed by atoms with Crippen LogP contribution in [-0.4, -0.2) is 22.7 Å². The van der Waals surface area contributed by atoms with E-state index in [0.29, 0.717) is 6.42 Å². The summed E-state index contributed by atoms with van der Waals surface area (Å²) in [7, 11) is 0. The van der Waals surface area contributed by atoms with Crippen LogP contribution in [0, 0.1) is 0 Å². The monoisotopic (exact) mass is 290 g/mol. The van der Waals surface area contributed by atoms with Crippen LogP contribution >= 0.6 is 15.9 Å². The summed E-state index contributed by atoms with van der Waals surface area (Å²) in [5.41, 5.74) is -0.428. The number of Topliss-reactive ketones (excluding diaryl/α,β-unsaturated/α-hetero) is 1. The highest BCUT2D eigenvalue weighted by Crippen LogP contribution is 2.13. The average molecular weight is 291 g/mol. The van der Waals surface area contributed by atoms with E-state index >= 15 is 0 Å². The van der Waals surface area contributed by atoms with Crippen molar-refractivity contribution in [1.82, 2.24) is 0 Å². The Bertz CT molecular complexity index is 287. The molecule has 0 aliphatic carbocycles. The summed E-state index contributed by atoms with van der Waals surface area (Å²) >= 11 is 3.06. The zero-order valence-electron chi connectivity index (χ0n) is 10.3. The largest absolute Gasteiger partial charge is 0.456 e. The van der Waals surface area contributed by atoms with Crippen LogP contribution in [0.4, 0.5) is 0 Å². The van der Waals surface area contributed by atoms with Crippen LogP contribution in [0.2, 0.25) is 0 Å². The van der Waals surface area contributed by atoms with Crippen LogP contribution in [0.15, 0.2) is 11.6 Å². The lowest BCUT2D eigenvalue weighted by molar-refractivity contribution is -0.150. The van der Waals surface area contributed by atoms with Crippen molar-refractivity contribution in [1.29, 1.82) is 0 Å². The zero-order valence-corrected chi connectivity index (χ0v) is 11.9. The molecule has 0 aliphatic heterocycles. The number of ketones is 1.